The van der Waals surface area contributed by atoms with Gasteiger partial charge in [-0.3, -0.25) is 4.68 Å². The number of nitrogens with zero attached hydrogens (tertiary/aromatic N) is 3. The summed E-state index contributed by atoms with van der Waals surface area (Å²) in [5.41, 5.74) is 1.29. The summed E-state index contributed by atoms with van der Waals surface area (Å²) < 4.78 is 2.06. The zero-order chi connectivity index (χ0) is 12.1. The van der Waals surface area contributed by atoms with Gasteiger partial charge in [0.25, 0.3) is 0 Å². The van der Waals surface area contributed by atoms with E-state index in [1.54, 1.807) is 0 Å². The lowest BCUT2D eigenvalue weighted by Crippen LogP contribution is -2.35. The van der Waals surface area contributed by atoms with Gasteiger partial charge in [-0.15, -0.1) is 0 Å². The normalized spacial score (nSPS) is 18.7. The van der Waals surface area contributed by atoms with Crippen LogP contribution >= 0.6 is 0 Å². The van der Waals surface area contributed by atoms with Crippen LogP contribution in [0.1, 0.15) is 25.5 Å². The van der Waals surface area contributed by atoms with Crippen LogP contribution in [-0.2, 0) is 13.1 Å². The molecule has 0 aromatic carbocycles. The maximum Gasteiger partial charge on any atom is 0.0521 e. The number of aromatic nitrogens is 2. The van der Waals surface area contributed by atoms with Crippen LogP contribution in [0.4, 0.5) is 0 Å². The SMILES string of the molecule is CCn1nccc1CNCC1CCN(C)CC1. The fraction of sp³-hybridized carbons (Fsp3) is 0.769. The minimum absolute atomic E-state index is 0.851. The van der Waals surface area contributed by atoms with Gasteiger partial charge in [0.05, 0.1) is 5.69 Å². The lowest BCUT2D eigenvalue weighted by molar-refractivity contribution is 0.215. The molecule has 1 aromatic rings. The predicted octanol–water partition coefficient (Wildman–Crippen LogP) is 1.33. The summed E-state index contributed by atoms with van der Waals surface area (Å²) in [7, 11) is 2.21. The van der Waals surface area contributed by atoms with Crippen LogP contribution in [0.25, 0.3) is 0 Å². The molecule has 1 aromatic heterocycles. The highest BCUT2D eigenvalue weighted by molar-refractivity contribution is 4.99. The van der Waals surface area contributed by atoms with Crippen molar-refractivity contribution in [2.75, 3.05) is 26.7 Å². The first-order chi connectivity index (χ1) is 8.29. The lowest BCUT2D eigenvalue weighted by atomic mass is 9.97. The summed E-state index contributed by atoms with van der Waals surface area (Å²) in [6.45, 7) is 7.67. The molecule has 0 saturated carbocycles. The molecule has 96 valence electrons. The van der Waals surface area contributed by atoms with Gasteiger partial charge < -0.3 is 10.2 Å². The molecule has 1 aliphatic heterocycles. The minimum Gasteiger partial charge on any atom is -0.311 e. The first-order valence-electron chi connectivity index (χ1n) is 6.69. The molecule has 0 spiro atoms. The van der Waals surface area contributed by atoms with Crippen molar-refractivity contribution in [3.63, 3.8) is 0 Å². The number of aryl methyl sites for hydroxylation is 1. The third-order valence-electron chi connectivity index (χ3n) is 3.68. The fourth-order valence-corrected chi connectivity index (χ4v) is 2.47. The third-order valence-corrected chi connectivity index (χ3v) is 3.68. The van der Waals surface area contributed by atoms with Gasteiger partial charge in [0, 0.05) is 19.3 Å². The topological polar surface area (TPSA) is 33.1 Å². The molecule has 1 N–H and O–H groups in total. The van der Waals surface area contributed by atoms with Crippen molar-refractivity contribution in [3.05, 3.63) is 18.0 Å². The Morgan fingerprint density at radius 3 is 2.88 bits per heavy atom. The Morgan fingerprint density at radius 1 is 1.41 bits per heavy atom. The van der Waals surface area contributed by atoms with Crippen LogP contribution < -0.4 is 5.32 Å². The van der Waals surface area contributed by atoms with Crippen LogP contribution in [0.3, 0.4) is 0 Å². The van der Waals surface area contributed by atoms with Crippen LogP contribution in [0.15, 0.2) is 12.3 Å². The highest BCUT2D eigenvalue weighted by Gasteiger charge is 2.15. The summed E-state index contributed by atoms with van der Waals surface area (Å²) in [6.07, 6.45) is 4.54. The largest absolute Gasteiger partial charge is 0.311 e. The summed E-state index contributed by atoms with van der Waals surface area (Å²) in [5.74, 6) is 0.851. The summed E-state index contributed by atoms with van der Waals surface area (Å²) in [6, 6.07) is 2.10. The Kier molecular flexibility index (Phi) is 4.57. The van der Waals surface area contributed by atoms with Crippen molar-refractivity contribution >= 4 is 0 Å². The minimum atomic E-state index is 0.851. The zero-order valence-electron chi connectivity index (χ0n) is 11.0. The van der Waals surface area contributed by atoms with E-state index in [-0.39, 0.29) is 0 Å². The molecule has 0 bridgehead atoms. The van der Waals surface area contributed by atoms with E-state index in [9.17, 15) is 0 Å². The van der Waals surface area contributed by atoms with Crippen molar-refractivity contribution in [1.29, 1.82) is 0 Å². The first-order valence-corrected chi connectivity index (χ1v) is 6.69. The van der Waals surface area contributed by atoms with Gasteiger partial charge >= 0.3 is 0 Å². The molecular formula is C13H24N4. The Balaban J connectivity index is 1.69. The molecule has 1 saturated heterocycles. The average molecular weight is 236 g/mol. The van der Waals surface area contributed by atoms with Gasteiger partial charge in [0.1, 0.15) is 0 Å². The van der Waals surface area contributed by atoms with Crippen LogP contribution in [0.2, 0.25) is 0 Å². The Morgan fingerprint density at radius 2 is 2.18 bits per heavy atom. The van der Waals surface area contributed by atoms with Gasteiger partial charge in [-0.1, -0.05) is 0 Å². The summed E-state index contributed by atoms with van der Waals surface area (Å²) >= 11 is 0. The number of piperidine rings is 1. The van der Waals surface area contributed by atoms with Crippen molar-refractivity contribution in [3.8, 4) is 0 Å². The number of nitrogens with one attached hydrogen (secondary N) is 1. The molecule has 0 unspecified atom stereocenters. The molecule has 0 aliphatic carbocycles. The summed E-state index contributed by atoms with van der Waals surface area (Å²) in [4.78, 5) is 2.42. The highest BCUT2D eigenvalue weighted by Crippen LogP contribution is 2.14. The van der Waals surface area contributed by atoms with Crippen LogP contribution in [-0.4, -0.2) is 41.4 Å². The fourth-order valence-electron chi connectivity index (χ4n) is 2.47. The Labute approximate surface area is 104 Å². The average Bonchev–Trinajstić information content (AvgIpc) is 2.79. The van der Waals surface area contributed by atoms with E-state index in [1.807, 2.05) is 6.20 Å². The molecular weight excluding hydrogens is 212 g/mol. The van der Waals surface area contributed by atoms with E-state index in [1.165, 1.54) is 31.6 Å². The van der Waals surface area contributed by atoms with Gasteiger partial charge in [0.15, 0.2) is 0 Å². The van der Waals surface area contributed by atoms with Crippen LogP contribution in [0, 0.1) is 5.92 Å². The van der Waals surface area contributed by atoms with E-state index in [4.69, 9.17) is 0 Å². The zero-order valence-corrected chi connectivity index (χ0v) is 11.0. The lowest BCUT2D eigenvalue weighted by Gasteiger charge is -2.29. The standard InChI is InChI=1S/C13H24N4/c1-3-17-13(4-7-15-17)11-14-10-12-5-8-16(2)9-6-12/h4,7,12,14H,3,5-6,8-11H2,1-2H3. The Hall–Kier alpha value is -0.870. The van der Waals surface area contributed by atoms with E-state index >= 15 is 0 Å². The number of hydrogen-bond acceptors (Lipinski definition) is 3. The quantitative estimate of drug-likeness (QED) is 0.837. The van der Waals surface area contributed by atoms with E-state index in [0.717, 1.165) is 25.6 Å². The molecule has 4 heteroatoms. The van der Waals surface area contributed by atoms with Crippen molar-refractivity contribution in [1.82, 2.24) is 20.0 Å². The molecule has 1 aliphatic rings. The molecule has 0 atom stereocenters. The second-order valence-corrected chi connectivity index (χ2v) is 5.02. The number of likely N-dealkylation sites (tertiary alicyclic amines) is 1. The molecule has 2 heterocycles. The second kappa shape index (κ2) is 6.17. The van der Waals surface area contributed by atoms with E-state index in [2.05, 4.69) is 40.0 Å². The second-order valence-electron chi connectivity index (χ2n) is 5.02. The third kappa shape index (κ3) is 3.54. The van der Waals surface area contributed by atoms with Crippen molar-refractivity contribution in [2.24, 2.45) is 5.92 Å². The Bertz CT molecular complexity index is 326. The molecule has 4 nitrogen and oxygen atoms in total. The maximum atomic E-state index is 4.28. The van der Waals surface area contributed by atoms with E-state index in [0.29, 0.717) is 0 Å². The summed E-state index contributed by atoms with van der Waals surface area (Å²) in [5, 5.41) is 7.85. The molecule has 17 heavy (non-hydrogen) atoms. The molecule has 2 rings (SSSR count). The number of rotatable bonds is 5. The molecule has 1 fully saturated rings. The predicted molar refractivity (Wildman–Crippen MR) is 69.8 cm³/mol. The molecule has 0 radical (unpaired) electrons. The van der Waals surface area contributed by atoms with Gasteiger partial charge in [-0.05, 0) is 58.4 Å². The van der Waals surface area contributed by atoms with E-state index < -0.39 is 0 Å². The highest BCUT2D eigenvalue weighted by atomic mass is 15.3. The monoisotopic (exact) mass is 236 g/mol. The van der Waals surface area contributed by atoms with Gasteiger partial charge in [-0.25, -0.2) is 0 Å². The van der Waals surface area contributed by atoms with Crippen LogP contribution in [0.5, 0.6) is 0 Å². The van der Waals surface area contributed by atoms with Gasteiger partial charge in [-0.2, -0.15) is 5.10 Å². The van der Waals surface area contributed by atoms with Gasteiger partial charge in [0.2, 0.25) is 0 Å². The maximum absolute atomic E-state index is 4.28. The van der Waals surface area contributed by atoms with Crippen molar-refractivity contribution in [2.45, 2.75) is 32.9 Å². The molecule has 0 amide bonds. The number of hydrogen-bond donors (Lipinski definition) is 1. The first kappa shape index (κ1) is 12.6. The smallest absolute Gasteiger partial charge is 0.0521 e. The van der Waals surface area contributed by atoms with Crippen molar-refractivity contribution < 1.29 is 0 Å².